The Kier molecular flexibility index (Phi) is 6.82. The Bertz CT molecular complexity index is 930. The van der Waals surface area contributed by atoms with E-state index >= 15 is 0 Å². The van der Waals surface area contributed by atoms with Crippen LogP contribution in [0.4, 0.5) is 25.0 Å². The maximum Gasteiger partial charge on any atom is 0.387 e. The average molecular weight is 423 g/mol. The third-order valence-corrected chi connectivity index (χ3v) is 4.43. The molecule has 1 atom stereocenters. The van der Waals surface area contributed by atoms with Crippen LogP contribution < -0.4 is 20.7 Å². The zero-order valence-corrected chi connectivity index (χ0v) is 15.8. The second kappa shape index (κ2) is 9.52. The number of rotatable bonds is 5. The van der Waals surface area contributed by atoms with Gasteiger partial charge in [0.2, 0.25) is 0 Å². The summed E-state index contributed by atoms with van der Waals surface area (Å²) in [7, 11) is 0. The number of amides is 2. The lowest BCUT2D eigenvalue weighted by Crippen LogP contribution is -2.33. The fraction of sp³-hybridized carbons (Fsp3) is 0.263. The molecule has 1 heterocycles. The first-order valence-corrected chi connectivity index (χ1v) is 9.03. The molecule has 3 N–H and O–H groups in total. The Balaban J connectivity index is 1.71. The van der Waals surface area contributed by atoms with Gasteiger partial charge in [-0.15, -0.1) is 0 Å². The Labute approximate surface area is 170 Å². The van der Waals surface area contributed by atoms with Gasteiger partial charge in [-0.05, 0) is 35.9 Å². The molecule has 1 aliphatic heterocycles. The van der Waals surface area contributed by atoms with Crippen LogP contribution in [0.5, 0.6) is 5.75 Å². The summed E-state index contributed by atoms with van der Waals surface area (Å²) < 4.78 is 35.2. The summed E-state index contributed by atoms with van der Waals surface area (Å²) in [6.45, 7) is -1.04. The molecule has 0 radical (unpaired) electrons. The van der Waals surface area contributed by atoms with Crippen LogP contribution >= 0.6 is 11.6 Å². The van der Waals surface area contributed by atoms with Crippen LogP contribution in [0.2, 0.25) is 5.02 Å². The molecule has 1 aliphatic rings. The molecule has 0 aliphatic carbocycles. The second-order valence-electron chi connectivity index (χ2n) is 6.08. The Hall–Kier alpha value is -2.93. The quantitative estimate of drug-likeness (QED) is 0.673. The predicted molar refractivity (Wildman–Crippen MR) is 103 cm³/mol. The molecule has 1 saturated heterocycles. The van der Waals surface area contributed by atoms with Crippen molar-refractivity contribution in [1.82, 2.24) is 5.32 Å². The number of nitriles is 1. The summed E-state index contributed by atoms with van der Waals surface area (Å²) >= 11 is 6.26. The SMILES string of the molecule is N#Cc1ccc(OC(F)F)c(NC(=O)Nc2ccc([C@H]3CNCCO3)cc2Cl)c1. The van der Waals surface area contributed by atoms with Crippen LogP contribution in [-0.2, 0) is 4.74 Å². The van der Waals surface area contributed by atoms with Gasteiger partial charge in [-0.2, -0.15) is 14.0 Å². The van der Waals surface area contributed by atoms with Crippen molar-refractivity contribution < 1.29 is 23.0 Å². The first-order chi connectivity index (χ1) is 14.0. The number of ether oxygens (including phenoxy) is 2. The zero-order chi connectivity index (χ0) is 20.8. The van der Waals surface area contributed by atoms with Crippen LogP contribution in [0.25, 0.3) is 0 Å². The summed E-state index contributed by atoms with van der Waals surface area (Å²) in [5.74, 6) is -0.266. The molecular formula is C19H17ClF2N4O3. The van der Waals surface area contributed by atoms with Crippen LogP contribution in [0.3, 0.4) is 0 Å². The highest BCUT2D eigenvalue weighted by atomic mass is 35.5. The van der Waals surface area contributed by atoms with Crippen LogP contribution in [-0.4, -0.2) is 32.3 Å². The molecule has 0 bridgehead atoms. The largest absolute Gasteiger partial charge is 0.433 e. The number of benzene rings is 2. The van der Waals surface area contributed by atoms with E-state index in [-0.39, 0.29) is 23.1 Å². The van der Waals surface area contributed by atoms with Crippen molar-refractivity contribution in [1.29, 1.82) is 5.26 Å². The number of morpholine rings is 1. The van der Waals surface area contributed by atoms with E-state index in [1.165, 1.54) is 18.2 Å². The highest BCUT2D eigenvalue weighted by Gasteiger charge is 2.18. The van der Waals surface area contributed by atoms with Gasteiger partial charge < -0.3 is 25.4 Å². The summed E-state index contributed by atoms with van der Waals surface area (Å²) in [6, 6.07) is 9.94. The lowest BCUT2D eigenvalue weighted by Gasteiger charge is -2.24. The Morgan fingerprint density at radius 2 is 2.07 bits per heavy atom. The summed E-state index contributed by atoms with van der Waals surface area (Å²) in [6.07, 6.45) is -0.132. The highest BCUT2D eigenvalue weighted by molar-refractivity contribution is 6.33. The molecule has 10 heteroatoms. The summed E-state index contributed by atoms with van der Waals surface area (Å²) in [5.41, 5.74) is 1.29. The third-order valence-electron chi connectivity index (χ3n) is 4.11. The van der Waals surface area contributed by atoms with Crippen molar-refractivity contribution in [3.8, 4) is 11.8 Å². The number of carbonyl (C=O) groups excluding carboxylic acids is 1. The van der Waals surface area contributed by atoms with Gasteiger partial charge in [0, 0.05) is 13.1 Å². The Morgan fingerprint density at radius 3 is 2.72 bits per heavy atom. The predicted octanol–water partition coefficient (Wildman–Crippen LogP) is 4.12. The van der Waals surface area contributed by atoms with Crippen molar-refractivity contribution in [2.24, 2.45) is 0 Å². The van der Waals surface area contributed by atoms with Crippen LogP contribution in [0.15, 0.2) is 36.4 Å². The van der Waals surface area contributed by atoms with Gasteiger partial charge in [-0.25, -0.2) is 4.79 Å². The lowest BCUT2D eigenvalue weighted by molar-refractivity contribution is -0.0493. The Morgan fingerprint density at radius 1 is 1.28 bits per heavy atom. The molecule has 0 saturated carbocycles. The van der Waals surface area contributed by atoms with Crippen LogP contribution in [0, 0.1) is 11.3 Å². The van der Waals surface area contributed by atoms with E-state index in [4.69, 9.17) is 21.6 Å². The molecule has 2 amide bonds. The van der Waals surface area contributed by atoms with Crippen molar-refractivity contribution in [2.45, 2.75) is 12.7 Å². The summed E-state index contributed by atoms with van der Waals surface area (Å²) in [5, 5.41) is 17.4. The van der Waals surface area contributed by atoms with E-state index in [0.717, 1.165) is 12.1 Å². The topological polar surface area (TPSA) is 95.4 Å². The normalized spacial score (nSPS) is 16.2. The van der Waals surface area contributed by atoms with E-state index in [0.29, 0.717) is 23.9 Å². The first-order valence-electron chi connectivity index (χ1n) is 8.65. The second-order valence-corrected chi connectivity index (χ2v) is 6.49. The molecular weight excluding hydrogens is 406 g/mol. The minimum absolute atomic E-state index is 0.0729. The molecule has 2 aromatic rings. The average Bonchev–Trinajstić information content (AvgIpc) is 2.71. The van der Waals surface area contributed by atoms with E-state index in [1.54, 1.807) is 18.2 Å². The molecule has 3 rings (SSSR count). The van der Waals surface area contributed by atoms with Crippen molar-refractivity contribution in [3.63, 3.8) is 0 Å². The van der Waals surface area contributed by atoms with Gasteiger partial charge in [0.05, 0.1) is 40.7 Å². The van der Waals surface area contributed by atoms with Crippen LogP contribution in [0.1, 0.15) is 17.2 Å². The smallest absolute Gasteiger partial charge is 0.387 e. The molecule has 152 valence electrons. The first kappa shape index (κ1) is 20.8. The fourth-order valence-electron chi connectivity index (χ4n) is 2.78. The van der Waals surface area contributed by atoms with Gasteiger partial charge in [-0.1, -0.05) is 17.7 Å². The van der Waals surface area contributed by atoms with Gasteiger partial charge in [0.15, 0.2) is 0 Å². The number of hydrogen-bond acceptors (Lipinski definition) is 5. The van der Waals surface area contributed by atoms with Crippen molar-refractivity contribution >= 4 is 29.0 Å². The van der Waals surface area contributed by atoms with Gasteiger partial charge in [-0.3, -0.25) is 0 Å². The van der Waals surface area contributed by atoms with E-state index in [9.17, 15) is 13.6 Å². The molecule has 1 fully saturated rings. The number of nitrogens with zero attached hydrogens (tertiary/aromatic N) is 1. The van der Waals surface area contributed by atoms with Gasteiger partial charge in [0.25, 0.3) is 0 Å². The molecule has 7 nitrogen and oxygen atoms in total. The van der Waals surface area contributed by atoms with Gasteiger partial charge >= 0.3 is 12.6 Å². The summed E-state index contributed by atoms with van der Waals surface area (Å²) in [4.78, 5) is 12.3. The minimum atomic E-state index is -3.08. The fourth-order valence-corrected chi connectivity index (χ4v) is 3.02. The van der Waals surface area contributed by atoms with Gasteiger partial charge in [0.1, 0.15) is 5.75 Å². The monoisotopic (exact) mass is 422 g/mol. The maximum atomic E-state index is 12.6. The number of alkyl halides is 2. The molecule has 2 aromatic carbocycles. The number of halogens is 3. The number of urea groups is 1. The maximum absolute atomic E-state index is 12.6. The molecule has 29 heavy (non-hydrogen) atoms. The van der Waals surface area contributed by atoms with E-state index < -0.39 is 12.6 Å². The number of hydrogen-bond donors (Lipinski definition) is 3. The molecule has 0 unspecified atom stereocenters. The van der Waals surface area contributed by atoms with Crippen molar-refractivity contribution in [3.05, 3.63) is 52.5 Å². The number of anilines is 2. The number of carbonyl (C=O) groups is 1. The third kappa shape index (κ3) is 5.54. The van der Waals surface area contributed by atoms with Crippen molar-refractivity contribution in [2.75, 3.05) is 30.3 Å². The van der Waals surface area contributed by atoms with E-state index in [1.807, 2.05) is 6.07 Å². The standard InChI is InChI=1S/C19H17ClF2N4O3/c20-13-8-12(17-10-24-5-6-28-17)2-3-14(13)25-19(27)26-15-7-11(9-23)1-4-16(15)29-18(21)22/h1-4,7-8,17-18,24H,5-6,10H2,(H2,25,26,27)/t17-/m1/s1. The lowest BCUT2D eigenvalue weighted by atomic mass is 10.1. The number of nitrogens with one attached hydrogen (secondary N) is 3. The molecule has 0 aromatic heterocycles. The molecule has 0 spiro atoms. The zero-order valence-electron chi connectivity index (χ0n) is 15.0. The van der Waals surface area contributed by atoms with E-state index in [2.05, 4.69) is 20.7 Å². The minimum Gasteiger partial charge on any atom is -0.433 e. The highest BCUT2D eigenvalue weighted by Crippen LogP contribution is 2.30.